The predicted molar refractivity (Wildman–Crippen MR) is 84.9 cm³/mol. The van der Waals surface area contributed by atoms with Gasteiger partial charge in [-0.2, -0.15) is 0 Å². The van der Waals surface area contributed by atoms with Crippen molar-refractivity contribution in [1.29, 1.82) is 0 Å². The zero-order valence-electron chi connectivity index (χ0n) is 14.0. The Morgan fingerprint density at radius 2 is 1.83 bits per heavy atom. The Kier molecular flexibility index (Phi) is 4.68. The Morgan fingerprint density at radius 1 is 1.17 bits per heavy atom. The van der Waals surface area contributed by atoms with Gasteiger partial charge in [-0.25, -0.2) is 0 Å². The van der Waals surface area contributed by atoms with Gasteiger partial charge < -0.3 is 14.3 Å². The fourth-order valence-electron chi connectivity index (χ4n) is 3.78. The van der Waals surface area contributed by atoms with Gasteiger partial charge in [-0.3, -0.25) is 9.59 Å². The van der Waals surface area contributed by atoms with Crippen LogP contribution in [0.1, 0.15) is 49.4 Å². The molecule has 2 saturated heterocycles. The molecule has 0 radical (unpaired) electrons. The van der Waals surface area contributed by atoms with Crippen molar-refractivity contribution in [3.63, 3.8) is 0 Å². The maximum atomic E-state index is 12.5. The van der Waals surface area contributed by atoms with E-state index >= 15 is 0 Å². The minimum absolute atomic E-state index is 0.0166. The van der Waals surface area contributed by atoms with Crippen molar-refractivity contribution in [2.45, 2.75) is 39.5 Å². The van der Waals surface area contributed by atoms with Crippen LogP contribution in [0.2, 0.25) is 0 Å². The molecule has 2 aliphatic heterocycles. The molecular weight excluding hydrogens is 294 g/mol. The predicted octanol–water partition coefficient (Wildman–Crippen LogP) is 1.96. The van der Waals surface area contributed by atoms with Crippen molar-refractivity contribution in [3.05, 3.63) is 17.5 Å². The molecule has 1 aromatic heterocycles. The lowest BCUT2D eigenvalue weighted by atomic mass is 9.84. The van der Waals surface area contributed by atoms with Gasteiger partial charge in [0.25, 0.3) is 5.91 Å². The van der Waals surface area contributed by atoms with Crippen molar-refractivity contribution in [2.75, 3.05) is 26.2 Å². The van der Waals surface area contributed by atoms with E-state index in [1.807, 2.05) is 16.7 Å². The van der Waals surface area contributed by atoms with Crippen molar-refractivity contribution in [1.82, 2.24) is 15.0 Å². The molecule has 0 N–H and O–H groups in total. The van der Waals surface area contributed by atoms with E-state index in [1.54, 1.807) is 13.0 Å². The number of aryl methyl sites for hydroxylation is 1. The first-order chi connectivity index (χ1) is 11.1. The molecule has 0 spiro atoms. The molecule has 0 aliphatic carbocycles. The van der Waals surface area contributed by atoms with Gasteiger partial charge >= 0.3 is 0 Å². The van der Waals surface area contributed by atoms with Gasteiger partial charge in [0.15, 0.2) is 5.69 Å². The molecule has 2 aliphatic rings. The summed E-state index contributed by atoms with van der Waals surface area (Å²) in [6.07, 6.45) is 3.90. The average Bonchev–Trinajstić information content (AvgIpc) is 3.23. The van der Waals surface area contributed by atoms with Crippen LogP contribution in [0.25, 0.3) is 0 Å². The molecule has 2 fully saturated rings. The third-order valence-electron chi connectivity index (χ3n) is 5.29. The maximum absolute atomic E-state index is 12.5. The van der Waals surface area contributed by atoms with Crippen molar-refractivity contribution in [3.8, 4) is 0 Å². The van der Waals surface area contributed by atoms with Crippen LogP contribution in [0, 0.1) is 11.8 Å². The van der Waals surface area contributed by atoms with Crippen LogP contribution >= 0.6 is 0 Å². The lowest BCUT2D eigenvalue weighted by Crippen LogP contribution is -2.39. The normalized spacial score (nSPS) is 22.6. The smallest absolute Gasteiger partial charge is 0.276 e. The Morgan fingerprint density at radius 3 is 2.43 bits per heavy atom. The van der Waals surface area contributed by atoms with E-state index in [0.29, 0.717) is 17.5 Å². The van der Waals surface area contributed by atoms with Crippen LogP contribution < -0.4 is 0 Å². The van der Waals surface area contributed by atoms with Crippen LogP contribution in [-0.4, -0.2) is 52.9 Å². The summed E-state index contributed by atoms with van der Waals surface area (Å²) in [5, 5.41) is 3.89. The number of carbonyl (C=O) groups excluding carboxylic acids is 2. The first kappa shape index (κ1) is 16.0. The minimum Gasteiger partial charge on any atom is -0.361 e. The van der Waals surface area contributed by atoms with E-state index in [9.17, 15) is 9.59 Å². The Hall–Kier alpha value is -1.85. The van der Waals surface area contributed by atoms with E-state index in [-0.39, 0.29) is 11.8 Å². The molecule has 0 bridgehead atoms. The van der Waals surface area contributed by atoms with Gasteiger partial charge in [0, 0.05) is 45.6 Å². The monoisotopic (exact) mass is 319 g/mol. The summed E-state index contributed by atoms with van der Waals surface area (Å²) in [4.78, 5) is 27.7. The highest BCUT2D eigenvalue weighted by Gasteiger charge is 2.35. The van der Waals surface area contributed by atoms with Crippen molar-refractivity contribution in [2.24, 2.45) is 11.8 Å². The quantitative estimate of drug-likeness (QED) is 0.854. The second-order valence-corrected chi connectivity index (χ2v) is 6.68. The summed E-state index contributed by atoms with van der Waals surface area (Å²) in [5.74, 6) is 2.07. The number of nitrogens with zero attached hydrogens (tertiary/aromatic N) is 3. The van der Waals surface area contributed by atoms with E-state index in [0.717, 1.165) is 57.6 Å². The SMILES string of the molecule is CCc1cc(C(=O)N2CCC(C3CCN(C(C)=O)CC3)C2)no1. The standard InChI is InChI=1S/C17H25N3O3/c1-3-15-10-16(18-23-15)17(22)20-9-6-14(11-20)13-4-7-19(8-5-13)12(2)21/h10,13-14H,3-9,11H2,1-2H3. The summed E-state index contributed by atoms with van der Waals surface area (Å²) in [5.41, 5.74) is 0.425. The molecule has 1 aromatic rings. The molecular formula is C17H25N3O3. The molecule has 6 heteroatoms. The summed E-state index contributed by atoms with van der Waals surface area (Å²) < 4.78 is 5.14. The lowest BCUT2D eigenvalue weighted by molar-refractivity contribution is -0.130. The lowest BCUT2D eigenvalue weighted by Gasteiger charge is -2.34. The van der Waals surface area contributed by atoms with Gasteiger partial charge in [-0.15, -0.1) is 0 Å². The topological polar surface area (TPSA) is 66.7 Å². The highest BCUT2D eigenvalue weighted by atomic mass is 16.5. The highest BCUT2D eigenvalue weighted by molar-refractivity contribution is 5.92. The first-order valence-electron chi connectivity index (χ1n) is 8.59. The molecule has 1 unspecified atom stereocenters. The minimum atomic E-state index is -0.0166. The number of amides is 2. The van der Waals surface area contributed by atoms with Crippen LogP contribution in [0.15, 0.2) is 10.6 Å². The number of aromatic nitrogens is 1. The number of piperidine rings is 1. The van der Waals surface area contributed by atoms with Gasteiger partial charge in [-0.1, -0.05) is 12.1 Å². The second kappa shape index (κ2) is 6.72. The Balaban J connectivity index is 1.54. The molecule has 6 nitrogen and oxygen atoms in total. The third-order valence-corrected chi connectivity index (χ3v) is 5.29. The third kappa shape index (κ3) is 3.41. The van der Waals surface area contributed by atoms with Crippen LogP contribution in [0.3, 0.4) is 0 Å². The number of likely N-dealkylation sites (tertiary alicyclic amines) is 2. The van der Waals surface area contributed by atoms with Gasteiger partial charge in [0.2, 0.25) is 5.91 Å². The Bertz CT molecular complexity index is 575. The highest BCUT2D eigenvalue weighted by Crippen LogP contribution is 2.32. The largest absolute Gasteiger partial charge is 0.361 e. The number of hydrogen-bond donors (Lipinski definition) is 0. The second-order valence-electron chi connectivity index (χ2n) is 6.68. The van der Waals surface area contributed by atoms with Gasteiger partial charge in [-0.05, 0) is 31.1 Å². The van der Waals surface area contributed by atoms with Crippen LogP contribution in [0.5, 0.6) is 0 Å². The average molecular weight is 319 g/mol. The van der Waals surface area contributed by atoms with Gasteiger partial charge in [0.1, 0.15) is 5.76 Å². The molecule has 2 amide bonds. The fourth-order valence-corrected chi connectivity index (χ4v) is 3.78. The van der Waals surface area contributed by atoms with Crippen LogP contribution in [-0.2, 0) is 11.2 Å². The van der Waals surface area contributed by atoms with Crippen molar-refractivity contribution >= 4 is 11.8 Å². The molecule has 0 aromatic carbocycles. The maximum Gasteiger partial charge on any atom is 0.276 e. The molecule has 3 rings (SSSR count). The Labute approximate surface area is 136 Å². The first-order valence-corrected chi connectivity index (χ1v) is 8.59. The van der Waals surface area contributed by atoms with Gasteiger partial charge in [0.05, 0.1) is 0 Å². The molecule has 23 heavy (non-hydrogen) atoms. The summed E-state index contributed by atoms with van der Waals surface area (Å²) >= 11 is 0. The zero-order valence-corrected chi connectivity index (χ0v) is 14.0. The molecule has 0 saturated carbocycles. The molecule has 3 heterocycles. The van der Waals surface area contributed by atoms with E-state index in [4.69, 9.17) is 4.52 Å². The summed E-state index contributed by atoms with van der Waals surface area (Å²) in [7, 11) is 0. The number of rotatable bonds is 3. The van der Waals surface area contributed by atoms with Crippen molar-refractivity contribution < 1.29 is 14.1 Å². The number of hydrogen-bond acceptors (Lipinski definition) is 4. The summed E-state index contributed by atoms with van der Waals surface area (Å²) in [6, 6.07) is 1.75. The van der Waals surface area contributed by atoms with E-state index in [1.165, 1.54) is 0 Å². The fraction of sp³-hybridized carbons (Fsp3) is 0.706. The van der Waals surface area contributed by atoms with E-state index in [2.05, 4.69) is 5.16 Å². The molecule has 126 valence electrons. The summed E-state index contributed by atoms with van der Waals surface area (Å²) in [6.45, 7) is 6.93. The molecule has 1 atom stereocenters. The number of carbonyl (C=O) groups is 2. The van der Waals surface area contributed by atoms with Crippen LogP contribution in [0.4, 0.5) is 0 Å². The van der Waals surface area contributed by atoms with E-state index < -0.39 is 0 Å². The zero-order chi connectivity index (χ0) is 16.4.